The Bertz CT molecular complexity index is 375. The second kappa shape index (κ2) is 4.56. The zero-order valence-corrected chi connectivity index (χ0v) is 9.60. The van der Waals surface area contributed by atoms with Crippen LogP contribution >= 0.6 is 0 Å². The molecular formula is C13H16O3. The molecule has 2 rings (SSSR count). The fraction of sp³-hybridized carbons (Fsp3) is 0.462. The van der Waals surface area contributed by atoms with Crippen molar-refractivity contribution in [1.29, 1.82) is 0 Å². The van der Waals surface area contributed by atoms with E-state index in [1.165, 1.54) is 18.8 Å². The fourth-order valence-electron chi connectivity index (χ4n) is 2.07. The van der Waals surface area contributed by atoms with Crippen molar-refractivity contribution in [2.45, 2.75) is 26.7 Å². The van der Waals surface area contributed by atoms with Gasteiger partial charge in [-0.1, -0.05) is 19.9 Å². The molecule has 1 unspecified atom stereocenters. The summed E-state index contributed by atoms with van der Waals surface area (Å²) < 4.78 is 10.4. The zero-order chi connectivity index (χ0) is 11.5. The van der Waals surface area contributed by atoms with Gasteiger partial charge in [-0.3, -0.25) is 4.79 Å². The Morgan fingerprint density at radius 2 is 2.19 bits per heavy atom. The molecule has 0 aromatic carbocycles. The highest BCUT2D eigenvalue weighted by molar-refractivity contribution is 5.99. The van der Waals surface area contributed by atoms with Crippen LogP contribution in [0.2, 0.25) is 0 Å². The minimum atomic E-state index is -0.174. The SMILES string of the molecule is CC(C)C1=CCCC(C2=COC=CO2)C1=O. The van der Waals surface area contributed by atoms with Crippen LogP contribution in [-0.2, 0) is 14.3 Å². The molecule has 0 radical (unpaired) electrons. The summed E-state index contributed by atoms with van der Waals surface area (Å²) in [6.07, 6.45) is 8.22. The van der Waals surface area contributed by atoms with Gasteiger partial charge in [0.1, 0.15) is 24.5 Å². The van der Waals surface area contributed by atoms with Crippen LogP contribution in [0.4, 0.5) is 0 Å². The smallest absolute Gasteiger partial charge is 0.169 e. The maximum atomic E-state index is 12.2. The van der Waals surface area contributed by atoms with Gasteiger partial charge in [0.2, 0.25) is 0 Å². The summed E-state index contributed by atoms with van der Waals surface area (Å²) in [4.78, 5) is 12.2. The first-order valence-corrected chi connectivity index (χ1v) is 5.61. The van der Waals surface area contributed by atoms with Crippen LogP contribution in [0.5, 0.6) is 0 Å². The highest BCUT2D eigenvalue weighted by Gasteiger charge is 2.31. The molecule has 0 aromatic rings. The molecule has 0 fully saturated rings. The van der Waals surface area contributed by atoms with Crippen LogP contribution in [-0.4, -0.2) is 5.78 Å². The van der Waals surface area contributed by atoms with E-state index in [0.29, 0.717) is 5.76 Å². The standard InChI is InChI=1S/C13H16O3/c1-9(2)10-4-3-5-11(13(10)14)12-8-15-6-7-16-12/h4,6-9,11H,3,5H2,1-2H3. The lowest BCUT2D eigenvalue weighted by Gasteiger charge is -2.25. The number of Topliss-reactive ketones (excluding diaryl/α,β-unsaturated/α-hetero) is 1. The molecule has 2 aliphatic rings. The lowest BCUT2D eigenvalue weighted by Crippen LogP contribution is -2.25. The molecule has 0 bridgehead atoms. The molecule has 3 heteroatoms. The predicted octanol–water partition coefficient (Wildman–Crippen LogP) is 2.91. The molecule has 0 N–H and O–H groups in total. The number of hydrogen-bond donors (Lipinski definition) is 0. The Morgan fingerprint density at radius 1 is 1.38 bits per heavy atom. The number of hydrogen-bond acceptors (Lipinski definition) is 3. The summed E-state index contributed by atoms with van der Waals surface area (Å²) >= 11 is 0. The number of ether oxygens (including phenoxy) is 2. The molecular weight excluding hydrogens is 204 g/mol. The molecule has 0 saturated heterocycles. The molecule has 16 heavy (non-hydrogen) atoms. The second-order valence-corrected chi connectivity index (χ2v) is 4.35. The Kier molecular flexibility index (Phi) is 3.13. The van der Waals surface area contributed by atoms with E-state index in [-0.39, 0.29) is 17.6 Å². The van der Waals surface area contributed by atoms with Gasteiger partial charge in [-0.25, -0.2) is 0 Å². The largest absolute Gasteiger partial charge is 0.466 e. The van der Waals surface area contributed by atoms with Gasteiger partial charge in [-0.05, 0) is 24.3 Å². The third-order valence-electron chi connectivity index (χ3n) is 2.91. The summed E-state index contributed by atoms with van der Waals surface area (Å²) in [5, 5.41) is 0. The van der Waals surface area contributed by atoms with Crippen LogP contribution < -0.4 is 0 Å². The predicted molar refractivity (Wildman–Crippen MR) is 60.0 cm³/mol. The third-order valence-corrected chi connectivity index (χ3v) is 2.91. The first-order valence-electron chi connectivity index (χ1n) is 5.61. The highest BCUT2D eigenvalue weighted by atomic mass is 16.5. The summed E-state index contributed by atoms with van der Waals surface area (Å²) in [7, 11) is 0. The van der Waals surface area contributed by atoms with Crippen molar-refractivity contribution < 1.29 is 14.3 Å². The van der Waals surface area contributed by atoms with Gasteiger partial charge < -0.3 is 9.47 Å². The molecule has 1 heterocycles. The highest BCUT2D eigenvalue weighted by Crippen LogP contribution is 2.31. The Hall–Kier alpha value is -1.51. The van der Waals surface area contributed by atoms with Gasteiger partial charge in [0.25, 0.3) is 0 Å². The topological polar surface area (TPSA) is 35.5 Å². The Balaban J connectivity index is 2.16. The van der Waals surface area contributed by atoms with Crippen LogP contribution in [0.25, 0.3) is 0 Å². The van der Waals surface area contributed by atoms with Gasteiger partial charge >= 0.3 is 0 Å². The quantitative estimate of drug-likeness (QED) is 0.717. The summed E-state index contributed by atoms with van der Waals surface area (Å²) in [5.74, 6) is 0.897. The van der Waals surface area contributed by atoms with Crippen LogP contribution in [0.3, 0.4) is 0 Å². The van der Waals surface area contributed by atoms with Crippen LogP contribution in [0.15, 0.2) is 36.2 Å². The van der Waals surface area contributed by atoms with Crippen LogP contribution in [0.1, 0.15) is 26.7 Å². The van der Waals surface area contributed by atoms with E-state index in [4.69, 9.17) is 9.47 Å². The number of allylic oxidation sites excluding steroid dienone is 3. The normalized spacial score (nSPS) is 24.7. The van der Waals surface area contributed by atoms with Gasteiger partial charge in [0.05, 0.1) is 5.92 Å². The molecule has 0 spiro atoms. The molecule has 0 saturated carbocycles. The molecule has 0 aromatic heterocycles. The molecule has 3 nitrogen and oxygen atoms in total. The number of rotatable bonds is 2. The zero-order valence-electron chi connectivity index (χ0n) is 9.60. The van der Waals surface area contributed by atoms with Gasteiger partial charge in [0.15, 0.2) is 5.78 Å². The van der Waals surface area contributed by atoms with E-state index < -0.39 is 0 Å². The van der Waals surface area contributed by atoms with E-state index in [2.05, 4.69) is 0 Å². The van der Waals surface area contributed by atoms with Gasteiger partial charge in [-0.15, -0.1) is 0 Å². The number of carbonyl (C=O) groups is 1. The van der Waals surface area contributed by atoms with Gasteiger partial charge in [-0.2, -0.15) is 0 Å². The molecule has 1 aliphatic carbocycles. The van der Waals surface area contributed by atoms with Crippen molar-refractivity contribution in [3.05, 3.63) is 36.2 Å². The van der Waals surface area contributed by atoms with Crippen molar-refractivity contribution >= 4 is 5.78 Å². The first-order chi connectivity index (χ1) is 7.70. The molecule has 1 aliphatic heterocycles. The minimum absolute atomic E-state index is 0.173. The fourth-order valence-corrected chi connectivity index (χ4v) is 2.07. The van der Waals surface area contributed by atoms with E-state index in [9.17, 15) is 4.79 Å². The maximum absolute atomic E-state index is 12.2. The number of ketones is 1. The average Bonchev–Trinajstić information content (AvgIpc) is 2.30. The van der Waals surface area contributed by atoms with E-state index in [0.717, 1.165) is 18.4 Å². The van der Waals surface area contributed by atoms with Gasteiger partial charge in [0, 0.05) is 0 Å². The summed E-state index contributed by atoms with van der Waals surface area (Å²) in [6.45, 7) is 4.08. The van der Waals surface area contributed by atoms with Crippen LogP contribution in [0, 0.1) is 11.8 Å². The molecule has 1 atom stereocenters. The monoisotopic (exact) mass is 220 g/mol. The van der Waals surface area contributed by atoms with Crippen molar-refractivity contribution in [2.24, 2.45) is 11.8 Å². The number of carbonyl (C=O) groups excluding carboxylic acids is 1. The Morgan fingerprint density at radius 3 is 2.81 bits per heavy atom. The van der Waals surface area contributed by atoms with E-state index in [1.807, 2.05) is 19.9 Å². The summed E-state index contributed by atoms with van der Waals surface area (Å²) in [6, 6.07) is 0. The lowest BCUT2D eigenvalue weighted by molar-refractivity contribution is -0.120. The first kappa shape index (κ1) is 11.0. The lowest BCUT2D eigenvalue weighted by atomic mass is 9.82. The van der Waals surface area contributed by atoms with Crippen molar-refractivity contribution in [2.75, 3.05) is 0 Å². The molecule has 86 valence electrons. The molecule has 0 amide bonds. The van der Waals surface area contributed by atoms with E-state index >= 15 is 0 Å². The Labute approximate surface area is 95.4 Å². The summed E-state index contributed by atoms with van der Waals surface area (Å²) in [5.41, 5.74) is 0.912. The van der Waals surface area contributed by atoms with Crippen molar-refractivity contribution in [1.82, 2.24) is 0 Å². The maximum Gasteiger partial charge on any atom is 0.169 e. The van der Waals surface area contributed by atoms with Crippen molar-refractivity contribution in [3.63, 3.8) is 0 Å². The second-order valence-electron chi connectivity index (χ2n) is 4.35. The third kappa shape index (κ3) is 2.03. The van der Waals surface area contributed by atoms with Crippen molar-refractivity contribution in [3.8, 4) is 0 Å². The average molecular weight is 220 g/mol. The minimum Gasteiger partial charge on any atom is -0.466 e. The van der Waals surface area contributed by atoms with E-state index in [1.54, 1.807) is 0 Å².